The molecule has 0 bridgehead atoms. The number of ether oxygens (including phenoxy) is 1. The van der Waals surface area contributed by atoms with Gasteiger partial charge in [0.05, 0.1) is 12.3 Å². The number of amides is 1. The van der Waals surface area contributed by atoms with E-state index in [0.717, 1.165) is 35.7 Å². The van der Waals surface area contributed by atoms with Gasteiger partial charge in [0, 0.05) is 6.54 Å². The van der Waals surface area contributed by atoms with Gasteiger partial charge in [-0.2, -0.15) is 0 Å². The summed E-state index contributed by atoms with van der Waals surface area (Å²) in [4.78, 5) is 14.7. The van der Waals surface area contributed by atoms with Gasteiger partial charge in [0.1, 0.15) is 11.5 Å². The largest absolute Gasteiger partial charge is 0.483 e. The number of likely N-dealkylation sites (tertiary alicyclic amines) is 1. The van der Waals surface area contributed by atoms with Gasteiger partial charge in [0.15, 0.2) is 6.61 Å². The summed E-state index contributed by atoms with van der Waals surface area (Å²) in [5.41, 5.74) is 2.08. The Hall–Kier alpha value is -2.27. The molecule has 26 heavy (non-hydrogen) atoms. The molecule has 1 amide bonds. The second kappa shape index (κ2) is 8.90. The van der Waals surface area contributed by atoms with Crippen molar-refractivity contribution in [2.24, 2.45) is 0 Å². The normalized spacial score (nSPS) is 16.2. The van der Waals surface area contributed by atoms with Crippen molar-refractivity contribution in [1.29, 1.82) is 0 Å². The smallest absolute Gasteiger partial charge is 0.258 e. The van der Waals surface area contributed by atoms with Crippen LogP contribution < -0.4 is 10.1 Å². The standard InChI is InChI=1S/C21H28N2O3/c1-16-8-6-9-17(2)21(16)26-15-20(24)22-14-18(19-10-7-13-25-19)23-11-4-3-5-12-23/h6-10,13,18H,3-5,11-12,14-15H2,1-2H3,(H,22,24)/t18-/m1/s1. The fourth-order valence-electron chi connectivity index (χ4n) is 3.55. The number of furan rings is 1. The molecule has 5 heteroatoms. The number of nitrogens with zero attached hydrogens (tertiary/aromatic N) is 1. The second-order valence-electron chi connectivity index (χ2n) is 6.94. The number of rotatable bonds is 7. The zero-order valence-corrected chi connectivity index (χ0v) is 15.7. The van der Waals surface area contributed by atoms with E-state index in [1.807, 2.05) is 44.2 Å². The minimum atomic E-state index is -0.110. The molecule has 2 heterocycles. The number of carbonyl (C=O) groups excluding carboxylic acids is 1. The molecule has 1 atom stereocenters. The van der Waals surface area contributed by atoms with E-state index in [9.17, 15) is 4.79 Å². The van der Waals surface area contributed by atoms with E-state index in [4.69, 9.17) is 9.15 Å². The van der Waals surface area contributed by atoms with Crippen LogP contribution in [0.1, 0.15) is 42.2 Å². The van der Waals surface area contributed by atoms with Crippen molar-refractivity contribution in [2.75, 3.05) is 26.2 Å². The Morgan fingerprint density at radius 2 is 1.88 bits per heavy atom. The Balaban J connectivity index is 1.55. The topological polar surface area (TPSA) is 54.7 Å². The Morgan fingerprint density at radius 1 is 1.15 bits per heavy atom. The maximum atomic E-state index is 12.3. The lowest BCUT2D eigenvalue weighted by Gasteiger charge is -2.33. The average molecular weight is 356 g/mol. The molecule has 1 N–H and O–H groups in total. The van der Waals surface area contributed by atoms with Gasteiger partial charge in [-0.15, -0.1) is 0 Å². The Labute approximate surface area is 155 Å². The molecule has 5 nitrogen and oxygen atoms in total. The molecule has 1 aromatic heterocycles. The van der Waals surface area contributed by atoms with Crippen molar-refractivity contribution < 1.29 is 13.9 Å². The molecule has 2 aromatic rings. The number of para-hydroxylation sites is 1. The van der Waals surface area contributed by atoms with E-state index in [-0.39, 0.29) is 18.6 Å². The molecule has 3 rings (SSSR count). The van der Waals surface area contributed by atoms with Crippen LogP contribution in [-0.2, 0) is 4.79 Å². The highest BCUT2D eigenvalue weighted by Crippen LogP contribution is 2.25. The third-order valence-electron chi connectivity index (χ3n) is 4.95. The molecule has 0 unspecified atom stereocenters. The highest BCUT2D eigenvalue weighted by atomic mass is 16.5. The van der Waals surface area contributed by atoms with Crippen molar-refractivity contribution in [3.63, 3.8) is 0 Å². The molecule has 1 saturated heterocycles. The number of piperidine rings is 1. The third-order valence-corrected chi connectivity index (χ3v) is 4.95. The monoisotopic (exact) mass is 356 g/mol. The first kappa shape index (κ1) is 18.5. The van der Waals surface area contributed by atoms with Gasteiger partial charge in [0.2, 0.25) is 0 Å². The predicted octanol–water partition coefficient (Wildman–Crippen LogP) is 3.62. The first-order valence-corrected chi connectivity index (χ1v) is 9.38. The van der Waals surface area contributed by atoms with Crippen LogP contribution in [-0.4, -0.2) is 37.0 Å². The zero-order chi connectivity index (χ0) is 18.4. The van der Waals surface area contributed by atoms with Crippen LogP contribution in [0.5, 0.6) is 5.75 Å². The molecular formula is C21H28N2O3. The van der Waals surface area contributed by atoms with E-state index in [1.165, 1.54) is 19.3 Å². The number of carbonyl (C=O) groups is 1. The van der Waals surface area contributed by atoms with E-state index in [2.05, 4.69) is 10.2 Å². The molecule has 0 aliphatic carbocycles. The first-order valence-electron chi connectivity index (χ1n) is 9.38. The van der Waals surface area contributed by atoms with Crippen molar-refractivity contribution >= 4 is 5.91 Å². The van der Waals surface area contributed by atoms with Gasteiger partial charge in [-0.3, -0.25) is 9.69 Å². The van der Waals surface area contributed by atoms with Crippen molar-refractivity contribution in [2.45, 2.75) is 39.2 Å². The average Bonchev–Trinajstić information content (AvgIpc) is 3.17. The summed E-state index contributed by atoms with van der Waals surface area (Å²) < 4.78 is 11.4. The lowest BCUT2D eigenvalue weighted by atomic mass is 10.1. The van der Waals surface area contributed by atoms with E-state index in [0.29, 0.717) is 6.54 Å². The van der Waals surface area contributed by atoms with Crippen LogP contribution in [0, 0.1) is 13.8 Å². The molecule has 1 aliphatic rings. The summed E-state index contributed by atoms with van der Waals surface area (Å²) in [5, 5.41) is 3.01. The number of aryl methyl sites for hydroxylation is 2. The Kier molecular flexibility index (Phi) is 6.34. The summed E-state index contributed by atoms with van der Waals surface area (Å²) in [7, 11) is 0. The SMILES string of the molecule is Cc1cccc(C)c1OCC(=O)NC[C@H](c1ccco1)N1CCCCC1. The van der Waals surface area contributed by atoms with Crippen LogP contribution in [0.25, 0.3) is 0 Å². The van der Waals surface area contributed by atoms with Gasteiger partial charge < -0.3 is 14.5 Å². The quantitative estimate of drug-likeness (QED) is 0.823. The first-order chi connectivity index (χ1) is 12.6. The minimum Gasteiger partial charge on any atom is -0.483 e. The Bertz CT molecular complexity index is 686. The maximum Gasteiger partial charge on any atom is 0.258 e. The molecule has 0 saturated carbocycles. The van der Waals surface area contributed by atoms with Crippen LogP contribution in [0.2, 0.25) is 0 Å². The Morgan fingerprint density at radius 3 is 2.54 bits per heavy atom. The minimum absolute atomic E-state index is 0.0244. The van der Waals surface area contributed by atoms with Gasteiger partial charge >= 0.3 is 0 Å². The highest BCUT2D eigenvalue weighted by molar-refractivity contribution is 5.77. The van der Waals surface area contributed by atoms with Gasteiger partial charge in [-0.05, 0) is 63.0 Å². The molecule has 1 aliphatic heterocycles. The molecule has 1 fully saturated rings. The third kappa shape index (κ3) is 4.67. The summed E-state index contributed by atoms with van der Waals surface area (Å²) in [6.45, 7) is 6.62. The maximum absolute atomic E-state index is 12.3. The molecule has 140 valence electrons. The van der Waals surface area contributed by atoms with Crippen LogP contribution in [0.4, 0.5) is 0 Å². The van der Waals surface area contributed by atoms with Crippen molar-refractivity contribution in [3.05, 3.63) is 53.5 Å². The molecule has 0 spiro atoms. The summed E-state index contributed by atoms with van der Waals surface area (Å²) in [5.74, 6) is 1.59. The van der Waals surface area contributed by atoms with Gasteiger partial charge in [-0.25, -0.2) is 0 Å². The fraction of sp³-hybridized carbons (Fsp3) is 0.476. The lowest BCUT2D eigenvalue weighted by Crippen LogP contribution is -2.41. The second-order valence-corrected chi connectivity index (χ2v) is 6.94. The summed E-state index contributed by atoms with van der Waals surface area (Å²) in [6, 6.07) is 9.93. The van der Waals surface area contributed by atoms with Gasteiger partial charge in [-0.1, -0.05) is 24.6 Å². The summed E-state index contributed by atoms with van der Waals surface area (Å²) >= 11 is 0. The number of hydrogen-bond donors (Lipinski definition) is 1. The molecular weight excluding hydrogens is 328 g/mol. The number of benzene rings is 1. The van der Waals surface area contributed by atoms with Crippen molar-refractivity contribution in [3.8, 4) is 5.75 Å². The van der Waals surface area contributed by atoms with Gasteiger partial charge in [0.25, 0.3) is 5.91 Å². The fourth-order valence-corrected chi connectivity index (χ4v) is 3.55. The molecule has 0 radical (unpaired) electrons. The predicted molar refractivity (Wildman–Crippen MR) is 101 cm³/mol. The van der Waals surface area contributed by atoms with E-state index >= 15 is 0 Å². The van der Waals surface area contributed by atoms with Crippen LogP contribution in [0.3, 0.4) is 0 Å². The lowest BCUT2D eigenvalue weighted by molar-refractivity contribution is -0.123. The van der Waals surface area contributed by atoms with E-state index < -0.39 is 0 Å². The van der Waals surface area contributed by atoms with E-state index in [1.54, 1.807) is 6.26 Å². The number of hydrogen-bond acceptors (Lipinski definition) is 4. The van der Waals surface area contributed by atoms with Crippen LogP contribution >= 0.6 is 0 Å². The number of nitrogens with one attached hydrogen (secondary N) is 1. The van der Waals surface area contributed by atoms with Crippen LogP contribution in [0.15, 0.2) is 41.0 Å². The zero-order valence-electron chi connectivity index (χ0n) is 15.7. The molecule has 1 aromatic carbocycles. The van der Waals surface area contributed by atoms with Crippen molar-refractivity contribution in [1.82, 2.24) is 10.2 Å². The summed E-state index contributed by atoms with van der Waals surface area (Å²) in [6.07, 6.45) is 5.36. The highest BCUT2D eigenvalue weighted by Gasteiger charge is 2.25.